The highest BCUT2D eigenvalue weighted by Crippen LogP contribution is 2.13. The van der Waals surface area contributed by atoms with Gasteiger partial charge in [0.2, 0.25) is 5.91 Å². The van der Waals surface area contributed by atoms with Gasteiger partial charge in [-0.25, -0.2) is 0 Å². The molecule has 7 nitrogen and oxygen atoms in total. The van der Waals surface area contributed by atoms with E-state index in [1.54, 1.807) is 30.8 Å². The second-order valence-electron chi connectivity index (χ2n) is 7.45. The summed E-state index contributed by atoms with van der Waals surface area (Å²) < 4.78 is 16.0. The fraction of sp³-hybridized carbons (Fsp3) is 0.500. The molecule has 0 aliphatic carbocycles. The summed E-state index contributed by atoms with van der Waals surface area (Å²) in [7, 11) is 1.60. The molecule has 170 valence electrons. The van der Waals surface area contributed by atoms with E-state index in [-0.39, 0.29) is 18.4 Å². The quantitative estimate of drug-likeness (QED) is 0.455. The summed E-state index contributed by atoms with van der Waals surface area (Å²) >= 11 is 0. The molecule has 1 atom stereocenters. The Hall–Kier alpha value is -2.64. The zero-order valence-electron chi connectivity index (χ0n) is 19.0. The normalized spacial score (nSPS) is 12.0. The molecule has 0 fully saturated rings. The number of aryl methyl sites for hydroxylation is 1. The van der Waals surface area contributed by atoms with E-state index in [1.165, 1.54) is 0 Å². The third kappa shape index (κ3) is 8.19. The van der Waals surface area contributed by atoms with Crippen LogP contribution in [-0.2, 0) is 32.0 Å². The fourth-order valence-corrected chi connectivity index (χ4v) is 3.26. The van der Waals surface area contributed by atoms with Crippen LogP contribution in [0.3, 0.4) is 0 Å². The van der Waals surface area contributed by atoms with Crippen LogP contribution < -0.4 is 0 Å². The molecular weight excluding hydrogens is 396 g/mol. The van der Waals surface area contributed by atoms with Crippen LogP contribution >= 0.6 is 0 Å². The zero-order valence-corrected chi connectivity index (χ0v) is 19.0. The van der Waals surface area contributed by atoms with Crippen LogP contribution in [-0.4, -0.2) is 67.7 Å². The van der Waals surface area contributed by atoms with Crippen molar-refractivity contribution in [3.8, 4) is 0 Å². The largest absolute Gasteiger partial charge is 0.465 e. The average molecular weight is 431 g/mol. The summed E-state index contributed by atoms with van der Waals surface area (Å²) in [5.41, 5.74) is 1.16. The molecule has 0 radical (unpaired) electrons. The van der Waals surface area contributed by atoms with Crippen molar-refractivity contribution in [3.63, 3.8) is 0 Å². The Morgan fingerprint density at radius 1 is 1.10 bits per heavy atom. The monoisotopic (exact) mass is 430 g/mol. The van der Waals surface area contributed by atoms with Crippen LogP contribution in [0.25, 0.3) is 0 Å². The molecule has 0 aliphatic rings. The van der Waals surface area contributed by atoms with Crippen LogP contribution in [0.15, 0.2) is 46.9 Å². The fourth-order valence-electron chi connectivity index (χ4n) is 3.26. The number of nitrogens with zero attached hydrogens (tertiary/aromatic N) is 2. The molecule has 1 aromatic carbocycles. The zero-order chi connectivity index (χ0) is 22.6. The minimum atomic E-state index is -0.541. The maximum Gasteiger partial charge on any atom is 0.323 e. The highest BCUT2D eigenvalue weighted by atomic mass is 16.5. The van der Waals surface area contributed by atoms with Crippen molar-refractivity contribution < 1.29 is 23.5 Å². The third-order valence-corrected chi connectivity index (χ3v) is 5.11. The van der Waals surface area contributed by atoms with Gasteiger partial charge >= 0.3 is 5.97 Å². The minimum absolute atomic E-state index is 0.0720. The molecule has 1 unspecified atom stereocenters. The van der Waals surface area contributed by atoms with Gasteiger partial charge in [-0.3, -0.25) is 14.5 Å². The van der Waals surface area contributed by atoms with E-state index in [4.69, 9.17) is 13.9 Å². The first-order chi connectivity index (χ1) is 14.9. The Kier molecular flexibility index (Phi) is 10.3. The van der Waals surface area contributed by atoms with Gasteiger partial charge in [-0.05, 0) is 44.9 Å². The summed E-state index contributed by atoms with van der Waals surface area (Å²) in [6.45, 7) is 7.60. The smallest absolute Gasteiger partial charge is 0.323 e. The number of carbonyl (C=O) groups excluding carboxylic acids is 2. The highest BCUT2D eigenvalue weighted by molar-refractivity contribution is 5.80. The molecule has 1 amide bonds. The molecular formula is C24H34N2O5. The first-order valence-corrected chi connectivity index (χ1v) is 10.7. The number of amides is 1. The first kappa shape index (κ1) is 24.6. The molecule has 0 bridgehead atoms. The van der Waals surface area contributed by atoms with E-state index in [0.717, 1.165) is 23.5 Å². The molecule has 31 heavy (non-hydrogen) atoms. The number of methoxy groups -OCH3 is 1. The summed E-state index contributed by atoms with van der Waals surface area (Å²) in [6.07, 6.45) is 0.734. The number of ether oxygens (including phenoxy) is 2. The van der Waals surface area contributed by atoms with Crippen LogP contribution in [0.4, 0.5) is 0 Å². The predicted octanol–water partition coefficient (Wildman–Crippen LogP) is 3.06. The topological polar surface area (TPSA) is 72.2 Å². The highest BCUT2D eigenvalue weighted by Gasteiger charge is 2.26. The number of furan rings is 1. The van der Waals surface area contributed by atoms with Crippen molar-refractivity contribution in [3.05, 3.63) is 59.5 Å². The van der Waals surface area contributed by atoms with E-state index in [1.807, 2.05) is 49.4 Å². The number of hydrogen-bond donors (Lipinski definition) is 0. The molecule has 0 saturated carbocycles. The van der Waals surface area contributed by atoms with E-state index in [0.29, 0.717) is 32.8 Å². The lowest BCUT2D eigenvalue weighted by Gasteiger charge is -2.30. The Morgan fingerprint density at radius 2 is 1.84 bits per heavy atom. The molecule has 7 heteroatoms. The molecule has 0 saturated heterocycles. The Bertz CT molecular complexity index is 805. The van der Waals surface area contributed by atoms with E-state index in [9.17, 15) is 9.59 Å². The third-order valence-electron chi connectivity index (χ3n) is 5.11. The second kappa shape index (κ2) is 12.9. The molecule has 2 rings (SSSR count). The lowest BCUT2D eigenvalue weighted by molar-refractivity contribution is -0.150. The van der Waals surface area contributed by atoms with Crippen LogP contribution in [0, 0.1) is 6.92 Å². The summed E-state index contributed by atoms with van der Waals surface area (Å²) in [5, 5.41) is 0. The Morgan fingerprint density at radius 3 is 2.45 bits per heavy atom. The molecule has 1 heterocycles. The number of hydrogen-bond acceptors (Lipinski definition) is 6. The van der Waals surface area contributed by atoms with Crippen molar-refractivity contribution in [2.24, 2.45) is 0 Å². The van der Waals surface area contributed by atoms with Crippen molar-refractivity contribution >= 4 is 11.9 Å². The summed E-state index contributed by atoms with van der Waals surface area (Å²) in [5.74, 6) is 1.13. The lowest BCUT2D eigenvalue weighted by atomic mass is 10.1. The molecule has 1 aromatic heterocycles. The number of carbonyl (C=O) groups is 2. The lowest BCUT2D eigenvalue weighted by Crippen LogP contribution is -2.48. The van der Waals surface area contributed by atoms with Crippen molar-refractivity contribution in [1.29, 1.82) is 0 Å². The van der Waals surface area contributed by atoms with Gasteiger partial charge in [0.15, 0.2) is 0 Å². The van der Waals surface area contributed by atoms with Gasteiger partial charge in [0.1, 0.15) is 17.6 Å². The summed E-state index contributed by atoms with van der Waals surface area (Å²) in [4.78, 5) is 29.1. The standard InChI is InChI=1S/C24H34N2O5/c1-5-30-24(28)20(3)25(15-16-29-4)18-23(27)26(17-22-12-11-19(2)31-22)14-13-21-9-7-6-8-10-21/h6-12,20H,5,13-18H2,1-4H3. The van der Waals surface area contributed by atoms with Gasteiger partial charge in [-0.1, -0.05) is 30.3 Å². The Balaban J connectivity index is 2.12. The molecule has 2 aromatic rings. The van der Waals surface area contributed by atoms with Crippen LogP contribution in [0.2, 0.25) is 0 Å². The minimum Gasteiger partial charge on any atom is -0.465 e. The number of rotatable bonds is 13. The van der Waals surface area contributed by atoms with Gasteiger partial charge in [-0.2, -0.15) is 0 Å². The number of benzene rings is 1. The van der Waals surface area contributed by atoms with E-state index >= 15 is 0 Å². The van der Waals surface area contributed by atoms with Gasteiger partial charge in [-0.15, -0.1) is 0 Å². The van der Waals surface area contributed by atoms with Gasteiger partial charge in [0.25, 0.3) is 0 Å². The van der Waals surface area contributed by atoms with Crippen LogP contribution in [0.5, 0.6) is 0 Å². The van der Waals surface area contributed by atoms with E-state index in [2.05, 4.69) is 0 Å². The van der Waals surface area contributed by atoms with Gasteiger partial charge < -0.3 is 18.8 Å². The molecule has 0 spiro atoms. The van der Waals surface area contributed by atoms with Crippen molar-refractivity contribution in [2.45, 2.75) is 39.8 Å². The number of esters is 1. The van der Waals surface area contributed by atoms with Crippen molar-refractivity contribution in [1.82, 2.24) is 9.80 Å². The second-order valence-corrected chi connectivity index (χ2v) is 7.45. The average Bonchev–Trinajstić information content (AvgIpc) is 3.18. The first-order valence-electron chi connectivity index (χ1n) is 10.7. The summed E-state index contributed by atoms with van der Waals surface area (Å²) in [6, 6.07) is 13.3. The predicted molar refractivity (Wildman–Crippen MR) is 119 cm³/mol. The van der Waals surface area contributed by atoms with E-state index < -0.39 is 6.04 Å². The maximum absolute atomic E-state index is 13.3. The van der Waals surface area contributed by atoms with Crippen LogP contribution in [0.1, 0.15) is 30.9 Å². The Labute approximate surface area is 184 Å². The SMILES string of the molecule is CCOC(=O)C(C)N(CCOC)CC(=O)N(CCc1ccccc1)Cc1ccc(C)o1. The van der Waals surface area contributed by atoms with Gasteiger partial charge in [0.05, 0.1) is 26.3 Å². The van der Waals surface area contributed by atoms with Gasteiger partial charge in [0, 0.05) is 20.2 Å². The maximum atomic E-state index is 13.3. The van der Waals surface area contributed by atoms with Crippen molar-refractivity contribution in [2.75, 3.05) is 40.0 Å². The molecule has 0 aliphatic heterocycles. The molecule has 0 N–H and O–H groups in total.